The molecule has 3 nitrogen and oxygen atoms in total. The molecule has 2 fully saturated rings. The van der Waals surface area contributed by atoms with E-state index in [-0.39, 0.29) is 11.9 Å². The molecule has 1 atom stereocenters. The van der Waals surface area contributed by atoms with Gasteiger partial charge in [-0.05, 0) is 32.2 Å². The molecule has 0 bridgehead atoms. The third kappa shape index (κ3) is 2.47. The van der Waals surface area contributed by atoms with Crippen LogP contribution in [0.5, 0.6) is 0 Å². The van der Waals surface area contributed by atoms with Crippen molar-refractivity contribution in [3.63, 3.8) is 0 Å². The van der Waals surface area contributed by atoms with Gasteiger partial charge in [-0.15, -0.1) is 0 Å². The summed E-state index contributed by atoms with van der Waals surface area (Å²) in [6.45, 7) is 1.00. The van der Waals surface area contributed by atoms with Crippen LogP contribution in [0, 0.1) is 0 Å². The average Bonchev–Trinajstić information content (AvgIpc) is 2.72. The molecule has 0 radical (unpaired) electrons. The van der Waals surface area contributed by atoms with Crippen LogP contribution in [-0.2, 0) is 4.79 Å². The van der Waals surface area contributed by atoms with Gasteiger partial charge >= 0.3 is 0 Å². The van der Waals surface area contributed by atoms with Crippen LogP contribution in [0.4, 0.5) is 0 Å². The lowest BCUT2D eigenvalue weighted by Gasteiger charge is -2.24. The van der Waals surface area contributed by atoms with Crippen molar-refractivity contribution in [2.24, 2.45) is 0 Å². The second-order valence-corrected chi connectivity index (χ2v) is 4.49. The molecule has 1 saturated carbocycles. The van der Waals surface area contributed by atoms with Gasteiger partial charge in [0.15, 0.2) is 0 Å². The molecular weight excluding hydrogens is 176 g/mol. The van der Waals surface area contributed by atoms with E-state index in [2.05, 4.69) is 10.6 Å². The summed E-state index contributed by atoms with van der Waals surface area (Å²) in [6, 6.07) is 0.551. The third-order valence-corrected chi connectivity index (χ3v) is 3.33. The Bertz CT molecular complexity index is 193. The summed E-state index contributed by atoms with van der Waals surface area (Å²) < 4.78 is 0. The first-order chi connectivity index (χ1) is 6.86. The smallest absolute Gasteiger partial charge is 0.237 e. The lowest BCUT2D eigenvalue weighted by molar-refractivity contribution is -0.124. The summed E-state index contributed by atoms with van der Waals surface area (Å²) in [5, 5.41) is 6.43. The zero-order chi connectivity index (χ0) is 9.80. The quantitative estimate of drug-likeness (QED) is 0.696. The van der Waals surface area contributed by atoms with E-state index in [1.165, 1.54) is 38.5 Å². The zero-order valence-corrected chi connectivity index (χ0v) is 8.72. The maximum absolute atomic E-state index is 11.8. The Balaban J connectivity index is 1.75. The minimum absolute atomic E-state index is 0.0874. The first-order valence-electron chi connectivity index (χ1n) is 5.90. The number of piperidine rings is 1. The number of amides is 1. The standard InChI is InChI=1S/C11H20N2O/c14-11(10-7-3-4-8-12-10)13-9-5-1-2-6-9/h9-10,12H,1-8H2,(H,13,14). The molecule has 1 aliphatic heterocycles. The van der Waals surface area contributed by atoms with Gasteiger partial charge in [0.05, 0.1) is 6.04 Å². The van der Waals surface area contributed by atoms with Crippen LogP contribution >= 0.6 is 0 Å². The molecule has 1 unspecified atom stereocenters. The third-order valence-electron chi connectivity index (χ3n) is 3.33. The van der Waals surface area contributed by atoms with Gasteiger partial charge in [0, 0.05) is 6.04 Å². The summed E-state index contributed by atoms with van der Waals surface area (Å²) in [7, 11) is 0. The molecule has 0 aromatic carbocycles. The Morgan fingerprint density at radius 2 is 1.79 bits per heavy atom. The van der Waals surface area contributed by atoms with Crippen molar-refractivity contribution in [3.8, 4) is 0 Å². The molecule has 1 saturated heterocycles. The average molecular weight is 196 g/mol. The number of carbonyl (C=O) groups is 1. The Morgan fingerprint density at radius 3 is 2.43 bits per heavy atom. The van der Waals surface area contributed by atoms with Gasteiger partial charge in [0.1, 0.15) is 0 Å². The normalized spacial score (nSPS) is 29.0. The van der Waals surface area contributed by atoms with Crippen molar-refractivity contribution in [1.29, 1.82) is 0 Å². The first kappa shape index (κ1) is 9.97. The monoisotopic (exact) mass is 196 g/mol. The van der Waals surface area contributed by atoms with E-state index < -0.39 is 0 Å². The number of rotatable bonds is 2. The van der Waals surface area contributed by atoms with Crippen LogP contribution in [0.15, 0.2) is 0 Å². The van der Waals surface area contributed by atoms with Gasteiger partial charge in [-0.2, -0.15) is 0 Å². The predicted octanol–water partition coefficient (Wildman–Crippen LogP) is 1.19. The first-order valence-corrected chi connectivity index (χ1v) is 5.90. The molecule has 2 rings (SSSR count). The van der Waals surface area contributed by atoms with Crippen LogP contribution < -0.4 is 10.6 Å². The molecular formula is C11H20N2O. The SMILES string of the molecule is O=C(NC1CCCC1)C1CCCCN1. The Morgan fingerprint density at radius 1 is 1.07 bits per heavy atom. The van der Waals surface area contributed by atoms with Crippen molar-refractivity contribution in [3.05, 3.63) is 0 Å². The summed E-state index contributed by atoms with van der Waals surface area (Å²) in [5.74, 6) is 0.233. The van der Waals surface area contributed by atoms with Gasteiger partial charge in [-0.1, -0.05) is 19.3 Å². The van der Waals surface area contributed by atoms with Crippen LogP contribution in [0.3, 0.4) is 0 Å². The van der Waals surface area contributed by atoms with Crippen molar-refractivity contribution in [1.82, 2.24) is 10.6 Å². The van der Waals surface area contributed by atoms with Crippen LogP contribution in [0.2, 0.25) is 0 Å². The van der Waals surface area contributed by atoms with Gasteiger partial charge < -0.3 is 10.6 Å². The predicted molar refractivity (Wildman–Crippen MR) is 56.0 cm³/mol. The number of hydrogen-bond donors (Lipinski definition) is 2. The van der Waals surface area contributed by atoms with E-state index in [1.54, 1.807) is 0 Å². The molecule has 3 heteroatoms. The van der Waals surface area contributed by atoms with E-state index >= 15 is 0 Å². The lowest BCUT2D eigenvalue weighted by Crippen LogP contribution is -2.49. The van der Waals surface area contributed by atoms with E-state index in [0.717, 1.165) is 13.0 Å². The molecule has 1 amide bonds. The largest absolute Gasteiger partial charge is 0.352 e. The topological polar surface area (TPSA) is 41.1 Å². The molecule has 0 aromatic heterocycles. The van der Waals surface area contributed by atoms with Crippen molar-refractivity contribution >= 4 is 5.91 Å². The van der Waals surface area contributed by atoms with Gasteiger partial charge in [-0.3, -0.25) is 4.79 Å². The summed E-state index contributed by atoms with van der Waals surface area (Å²) in [4.78, 5) is 11.8. The van der Waals surface area contributed by atoms with Crippen LogP contribution in [0.1, 0.15) is 44.9 Å². The highest BCUT2D eigenvalue weighted by atomic mass is 16.2. The molecule has 2 aliphatic rings. The fraction of sp³-hybridized carbons (Fsp3) is 0.909. The van der Waals surface area contributed by atoms with Crippen molar-refractivity contribution in [2.45, 2.75) is 57.0 Å². The second kappa shape index (κ2) is 4.78. The highest BCUT2D eigenvalue weighted by molar-refractivity contribution is 5.82. The lowest BCUT2D eigenvalue weighted by atomic mass is 10.0. The van der Waals surface area contributed by atoms with Crippen molar-refractivity contribution < 1.29 is 4.79 Å². The number of nitrogens with one attached hydrogen (secondary N) is 2. The zero-order valence-electron chi connectivity index (χ0n) is 8.72. The molecule has 1 aliphatic carbocycles. The van der Waals surface area contributed by atoms with Crippen LogP contribution in [0.25, 0.3) is 0 Å². The molecule has 14 heavy (non-hydrogen) atoms. The van der Waals surface area contributed by atoms with E-state index in [1.807, 2.05) is 0 Å². The Hall–Kier alpha value is -0.570. The van der Waals surface area contributed by atoms with Gasteiger partial charge in [0.2, 0.25) is 5.91 Å². The fourth-order valence-electron chi connectivity index (χ4n) is 2.45. The second-order valence-electron chi connectivity index (χ2n) is 4.49. The van der Waals surface area contributed by atoms with Gasteiger partial charge in [-0.25, -0.2) is 0 Å². The highest BCUT2D eigenvalue weighted by Crippen LogP contribution is 2.18. The van der Waals surface area contributed by atoms with E-state index in [9.17, 15) is 4.79 Å². The highest BCUT2D eigenvalue weighted by Gasteiger charge is 2.24. The van der Waals surface area contributed by atoms with Gasteiger partial charge in [0.25, 0.3) is 0 Å². The van der Waals surface area contributed by atoms with E-state index in [4.69, 9.17) is 0 Å². The summed E-state index contributed by atoms with van der Waals surface area (Å²) in [6.07, 6.45) is 8.34. The van der Waals surface area contributed by atoms with E-state index in [0.29, 0.717) is 6.04 Å². The van der Waals surface area contributed by atoms with Crippen LogP contribution in [-0.4, -0.2) is 24.5 Å². The molecule has 0 spiro atoms. The Kier molecular flexibility index (Phi) is 3.40. The summed E-state index contributed by atoms with van der Waals surface area (Å²) >= 11 is 0. The molecule has 2 N–H and O–H groups in total. The minimum atomic E-state index is 0.0874. The summed E-state index contributed by atoms with van der Waals surface area (Å²) in [5.41, 5.74) is 0. The molecule has 1 heterocycles. The molecule has 0 aromatic rings. The maximum atomic E-state index is 11.8. The fourth-order valence-corrected chi connectivity index (χ4v) is 2.45. The minimum Gasteiger partial charge on any atom is -0.352 e. The van der Waals surface area contributed by atoms with Crippen molar-refractivity contribution in [2.75, 3.05) is 6.54 Å². The maximum Gasteiger partial charge on any atom is 0.237 e. The Labute approximate surface area is 85.6 Å². The molecule has 80 valence electrons. The number of hydrogen-bond acceptors (Lipinski definition) is 2. The number of carbonyl (C=O) groups excluding carboxylic acids is 1.